The Bertz CT molecular complexity index is 941. The first-order valence-electron chi connectivity index (χ1n) is 9.71. The Labute approximate surface area is 173 Å². The molecule has 2 aromatic carbocycles. The maximum Gasteiger partial charge on any atom is 0.244 e. The molecule has 0 aromatic heterocycles. The molecule has 0 bridgehead atoms. The normalized spacial score (nSPS) is 12.5. The van der Waals surface area contributed by atoms with Gasteiger partial charge in [0.25, 0.3) is 0 Å². The van der Waals surface area contributed by atoms with Gasteiger partial charge in [-0.05, 0) is 62.6 Å². The van der Waals surface area contributed by atoms with Crippen molar-refractivity contribution in [3.05, 3.63) is 59.7 Å². The summed E-state index contributed by atoms with van der Waals surface area (Å²) in [6, 6.07) is 13.8. The fraction of sp³-hybridized carbons (Fsp3) is 0.409. The second-order valence-electron chi connectivity index (χ2n) is 7.35. The Kier molecular flexibility index (Phi) is 7.67. The van der Waals surface area contributed by atoms with Gasteiger partial charge in [0.1, 0.15) is 11.8 Å². The van der Waals surface area contributed by atoms with E-state index in [1.165, 1.54) is 4.31 Å². The molecule has 0 aliphatic rings. The predicted octanol–water partition coefficient (Wildman–Crippen LogP) is 3.64. The zero-order chi connectivity index (χ0) is 21.6. The number of sulfonamides is 1. The molecule has 7 heteroatoms. The van der Waals surface area contributed by atoms with Crippen molar-refractivity contribution in [2.45, 2.75) is 52.8 Å². The molecule has 0 fully saturated rings. The molecule has 6 nitrogen and oxygen atoms in total. The van der Waals surface area contributed by atoms with Crippen LogP contribution in [0.1, 0.15) is 38.3 Å². The minimum Gasteiger partial charge on any atom is -0.491 e. The van der Waals surface area contributed by atoms with E-state index < -0.39 is 16.1 Å². The molecule has 0 saturated heterocycles. The number of anilines is 1. The topological polar surface area (TPSA) is 75.7 Å². The van der Waals surface area contributed by atoms with Crippen molar-refractivity contribution >= 4 is 21.6 Å². The number of ether oxygens (including phenoxy) is 1. The van der Waals surface area contributed by atoms with Crippen LogP contribution in [0.15, 0.2) is 48.5 Å². The fourth-order valence-corrected chi connectivity index (χ4v) is 4.34. The Morgan fingerprint density at radius 1 is 1.14 bits per heavy atom. The highest BCUT2D eigenvalue weighted by molar-refractivity contribution is 7.92. The lowest BCUT2D eigenvalue weighted by atomic mass is 10.1. The zero-order valence-corrected chi connectivity index (χ0v) is 18.5. The van der Waals surface area contributed by atoms with E-state index in [0.29, 0.717) is 12.1 Å². The van der Waals surface area contributed by atoms with Crippen LogP contribution < -0.4 is 14.4 Å². The Hall–Kier alpha value is -2.54. The van der Waals surface area contributed by atoms with Crippen molar-refractivity contribution in [2.75, 3.05) is 10.6 Å². The molecule has 0 saturated carbocycles. The molecular weight excluding hydrogens is 388 g/mol. The van der Waals surface area contributed by atoms with Gasteiger partial charge in [-0.25, -0.2) is 8.42 Å². The number of hydrogen-bond acceptors (Lipinski definition) is 4. The number of carbonyl (C=O) groups is 1. The van der Waals surface area contributed by atoms with Gasteiger partial charge in [-0.2, -0.15) is 0 Å². The van der Waals surface area contributed by atoms with Crippen molar-refractivity contribution in [2.24, 2.45) is 0 Å². The molecule has 0 aliphatic carbocycles. The summed E-state index contributed by atoms with van der Waals surface area (Å²) in [6.45, 7) is 7.87. The van der Waals surface area contributed by atoms with Crippen molar-refractivity contribution in [3.8, 4) is 5.75 Å². The third-order valence-corrected chi connectivity index (χ3v) is 5.50. The average Bonchev–Trinajstić information content (AvgIpc) is 2.62. The van der Waals surface area contributed by atoms with Gasteiger partial charge < -0.3 is 10.1 Å². The average molecular weight is 419 g/mol. The number of nitrogens with one attached hydrogen (secondary N) is 1. The van der Waals surface area contributed by atoms with Gasteiger partial charge in [-0.15, -0.1) is 0 Å². The monoisotopic (exact) mass is 418 g/mol. The van der Waals surface area contributed by atoms with Gasteiger partial charge in [0.15, 0.2) is 0 Å². The van der Waals surface area contributed by atoms with Gasteiger partial charge >= 0.3 is 0 Å². The van der Waals surface area contributed by atoms with Crippen molar-refractivity contribution in [3.63, 3.8) is 0 Å². The smallest absolute Gasteiger partial charge is 0.244 e. The van der Waals surface area contributed by atoms with Crippen LogP contribution in [0.25, 0.3) is 0 Å². The molecule has 0 aliphatic heterocycles. The predicted molar refractivity (Wildman–Crippen MR) is 117 cm³/mol. The van der Waals surface area contributed by atoms with Crippen LogP contribution in [0.4, 0.5) is 5.69 Å². The van der Waals surface area contributed by atoms with Crippen LogP contribution in [0.5, 0.6) is 5.75 Å². The van der Waals surface area contributed by atoms with E-state index >= 15 is 0 Å². The Morgan fingerprint density at radius 2 is 1.83 bits per heavy atom. The van der Waals surface area contributed by atoms with Gasteiger partial charge in [0.05, 0.1) is 18.0 Å². The number of amides is 1. The zero-order valence-electron chi connectivity index (χ0n) is 17.7. The van der Waals surface area contributed by atoms with E-state index in [1.54, 1.807) is 25.1 Å². The highest BCUT2D eigenvalue weighted by Gasteiger charge is 2.31. The van der Waals surface area contributed by atoms with E-state index in [4.69, 9.17) is 4.74 Å². The Morgan fingerprint density at radius 3 is 2.41 bits per heavy atom. The molecule has 2 rings (SSSR count). The summed E-state index contributed by atoms with van der Waals surface area (Å²) < 4.78 is 31.9. The van der Waals surface area contributed by atoms with E-state index in [0.717, 1.165) is 23.1 Å². The molecule has 0 radical (unpaired) electrons. The standard InChI is InChI=1S/C22H30N2O4S/c1-6-21(24(29(5,26)27)19-11-7-9-17(4)13-19)22(25)23-15-18-10-8-12-20(14-18)28-16(2)3/h7-14,16,21H,6,15H2,1-5H3,(H,23,25)/t21-/m1/s1. The minimum absolute atomic E-state index is 0.0574. The second kappa shape index (κ2) is 9.78. The summed E-state index contributed by atoms with van der Waals surface area (Å²) in [4.78, 5) is 12.9. The molecule has 29 heavy (non-hydrogen) atoms. The maximum absolute atomic E-state index is 12.9. The van der Waals surface area contributed by atoms with E-state index in [2.05, 4.69) is 5.32 Å². The summed E-state index contributed by atoms with van der Waals surface area (Å²) in [7, 11) is -3.64. The van der Waals surface area contributed by atoms with Crippen LogP contribution >= 0.6 is 0 Å². The Balaban J connectivity index is 2.20. The maximum atomic E-state index is 12.9. The molecule has 1 N–H and O–H groups in total. The number of rotatable bonds is 9. The molecule has 158 valence electrons. The van der Waals surface area contributed by atoms with Gasteiger partial charge in [0, 0.05) is 6.54 Å². The van der Waals surface area contributed by atoms with Gasteiger partial charge in [0.2, 0.25) is 15.9 Å². The van der Waals surface area contributed by atoms with Gasteiger partial charge in [-0.3, -0.25) is 9.10 Å². The van der Waals surface area contributed by atoms with Crippen LogP contribution in [0, 0.1) is 6.92 Å². The summed E-state index contributed by atoms with van der Waals surface area (Å²) in [5.74, 6) is 0.394. The van der Waals surface area contributed by atoms with Crippen molar-refractivity contribution in [1.29, 1.82) is 0 Å². The first-order chi connectivity index (χ1) is 13.6. The number of carbonyl (C=O) groups excluding carboxylic acids is 1. The highest BCUT2D eigenvalue weighted by atomic mass is 32.2. The van der Waals surface area contributed by atoms with Gasteiger partial charge in [-0.1, -0.05) is 31.2 Å². The number of aryl methyl sites for hydroxylation is 1. The lowest BCUT2D eigenvalue weighted by Gasteiger charge is -2.30. The molecule has 0 spiro atoms. The highest BCUT2D eigenvalue weighted by Crippen LogP contribution is 2.23. The number of hydrogen-bond donors (Lipinski definition) is 1. The lowest BCUT2D eigenvalue weighted by molar-refractivity contribution is -0.122. The quantitative estimate of drug-likeness (QED) is 0.675. The molecule has 0 heterocycles. The first-order valence-corrected chi connectivity index (χ1v) is 11.6. The molecule has 0 unspecified atom stereocenters. The summed E-state index contributed by atoms with van der Waals surface area (Å²) in [5.41, 5.74) is 2.29. The van der Waals surface area contributed by atoms with Crippen LogP contribution in [0.3, 0.4) is 0 Å². The number of nitrogens with zero attached hydrogens (tertiary/aromatic N) is 1. The third kappa shape index (κ3) is 6.49. The molecule has 2 aromatic rings. The molecular formula is C22H30N2O4S. The van der Waals surface area contributed by atoms with Crippen LogP contribution in [0.2, 0.25) is 0 Å². The van der Waals surface area contributed by atoms with Crippen LogP contribution in [-0.4, -0.2) is 32.7 Å². The lowest BCUT2D eigenvalue weighted by Crippen LogP contribution is -2.49. The summed E-state index contributed by atoms with van der Waals surface area (Å²) >= 11 is 0. The second-order valence-corrected chi connectivity index (χ2v) is 9.21. The largest absolute Gasteiger partial charge is 0.491 e. The van der Waals surface area contributed by atoms with E-state index in [-0.39, 0.29) is 18.6 Å². The molecule has 1 amide bonds. The summed E-state index contributed by atoms with van der Waals surface area (Å²) in [5, 5.41) is 2.87. The van der Waals surface area contributed by atoms with E-state index in [9.17, 15) is 13.2 Å². The minimum atomic E-state index is -3.64. The summed E-state index contributed by atoms with van der Waals surface area (Å²) in [6.07, 6.45) is 1.53. The van der Waals surface area contributed by atoms with E-state index in [1.807, 2.05) is 51.1 Å². The number of benzene rings is 2. The first kappa shape index (κ1) is 22.7. The molecule has 1 atom stereocenters. The van der Waals surface area contributed by atoms with Crippen molar-refractivity contribution < 1.29 is 17.9 Å². The third-order valence-electron chi connectivity index (χ3n) is 4.32. The van der Waals surface area contributed by atoms with Crippen LogP contribution in [-0.2, 0) is 21.4 Å². The SMILES string of the molecule is CC[C@H](C(=O)NCc1cccc(OC(C)C)c1)N(c1cccc(C)c1)S(C)(=O)=O. The fourth-order valence-electron chi connectivity index (χ4n) is 3.13. The van der Waals surface area contributed by atoms with Crippen molar-refractivity contribution in [1.82, 2.24) is 5.32 Å².